The van der Waals surface area contributed by atoms with Crippen molar-refractivity contribution in [2.75, 3.05) is 39.2 Å². The van der Waals surface area contributed by atoms with Crippen LogP contribution in [0.2, 0.25) is 0 Å². The predicted octanol–water partition coefficient (Wildman–Crippen LogP) is 0.831. The van der Waals surface area contributed by atoms with E-state index in [-0.39, 0.29) is 10.6 Å². The van der Waals surface area contributed by atoms with E-state index in [9.17, 15) is 8.42 Å². The van der Waals surface area contributed by atoms with Crippen LogP contribution in [-0.2, 0) is 10.0 Å². The van der Waals surface area contributed by atoms with Crippen molar-refractivity contribution in [2.24, 2.45) is 0 Å². The van der Waals surface area contributed by atoms with Gasteiger partial charge in [-0.25, -0.2) is 13.1 Å². The molecule has 0 amide bonds. The van der Waals surface area contributed by atoms with Crippen molar-refractivity contribution in [3.05, 3.63) is 18.2 Å². The van der Waals surface area contributed by atoms with Crippen LogP contribution in [0.4, 0.5) is 5.69 Å². The van der Waals surface area contributed by atoms with Gasteiger partial charge < -0.3 is 10.6 Å². The van der Waals surface area contributed by atoms with Crippen LogP contribution in [0.5, 0.6) is 0 Å². The molecule has 0 saturated carbocycles. The number of nitrogen functional groups attached to an aromatic ring is 1. The quantitative estimate of drug-likeness (QED) is 0.599. The molecule has 0 saturated heterocycles. The maximum Gasteiger partial charge on any atom is 0.242 e. The number of nitrogens with one attached hydrogen (secondary N) is 1. The maximum atomic E-state index is 11.6. The van der Waals surface area contributed by atoms with Gasteiger partial charge in [0, 0.05) is 17.2 Å². The molecule has 0 spiro atoms. The Morgan fingerprint density at radius 3 is 2.56 bits per heavy atom. The number of rotatable bonds is 6. The fraction of sp³-hybridized carbons (Fsp3) is 0.455. The van der Waals surface area contributed by atoms with E-state index < -0.39 is 10.0 Å². The van der Waals surface area contributed by atoms with E-state index in [0.29, 0.717) is 0 Å². The molecule has 5 nitrogen and oxygen atoms in total. The fourth-order valence-electron chi connectivity index (χ4n) is 1.32. The molecule has 0 heterocycles. The third-order valence-corrected chi connectivity index (χ3v) is 4.81. The Hall–Kier alpha value is -0.760. The maximum absolute atomic E-state index is 11.6. The van der Waals surface area contributed by atoms with Crippen LogP contribution >= 0.6 is 11.8 Å². The average molecular weight is 289 g/mol. The Balaban J connectivity index is 2.80. The highest BCUT2D eigenvalue weighted by Gasteiger charge is 2.15. The predicted molar refractivity (Wildman–Crippen MR) is 76.4 cm³/mol. The van der Waals surface area contributed by atoms with Crippen LogP contribution < -0.4 is 10.5 Å². The molecule has 0 aliphatic heterocycles. The number of hydrogen-bond acceptors (Lipinski definition) is 5. The average Bonchev–Trinajstić information content (AvgIpc) is 2.28. The molecule has 1 rings (SSSR count). The molecule has 102 valence electrons. The lowest BCUT2D eigenvalue weighted by molar-refractivity contribution is 0.437. The highest BCUT2D eigenvalue weighted by atomic mass is 32.2. The second-order valence-electron chi connectivity index (χ2n) is 4.06. The molecule has 0 atom stereocenters. The van der Waals surface area contributed by atoms with Crippen molar-refractivity contribution in [3.8, 4) is 0 Å². The van der Waals surface area contributed by atoms with Crippen molar-refractivity contribution >= 4 is 27.5 Å². The Bertz CT molecular complexity index is 501. The first-order valence-corrected chi connectivity index (χ1v) is 7.94. The Morgan fingerprint density at radius 1 is 1.39 bits per heavy atom. The molecule has 7 heteroatoms. The number of anilines is 1. The van der Waals surface area contributed by atoms with Crippen molar-refractivity contribution in [1.82, 2.24) is 9.62 Å². The van der Waals surface area contributed by atoms with E-state index in [0.717, 1.165) is 17.2 Å². The van der Waals surface area contributed by atoms with Crippen molar-refractivity contribution in [1.29, 1.82) is 0 Å². The molecule has 0 unspecified atom stereocenters. The van der Waals surface area contributed by atoms with Crippen molar-refractivity contribution in [2.45, 2.75) is 9.79 Å². The third kappa shape index (κ3) is 4.16. The fourth-order valence-corrected chi connectivity index (χ4v) is 3.22. The largest absolute Gasteiger partial charge is 0.398 e. The summed E-state index contributed by atoms with van der Waals surface area (Å²) in [5.74, 6) is 0.935. The van der Waals surface area contributed by atoms with Gasteiger partial charge in [-0.05, 0) is 39.3 Å². The van der Waals surface area contributed by atoms with E-state index >= 15 is 0 Å². The Morgan fingerprint density at radius 2 is 2.06 bits per heavy atom. The van der Waals surface area contributed by atoms with Gasteiger partial charge >= 0.3 is 0 Å². The summed E-state index contributed by atoms with van der Waals surface area (Å²) in [5.41, 5.74) is 6.05. The summed E-state index contributed by atoms with van der Waals surface area (Å²) in [6, 6.07) is 5.02. The number of sulfonamides is 1. The molecule has 0 fully saturated rings. The molecule has 0 aliphatic rings. The SMILES string of the molecule is CNS(=O)(=O)c1ccc(SCCN(C)C)cc1N. The van der Waals surface area contributed by atoms with Crippen molar-refractivity contribution in [3.63, 3.8) is 0 Å². The van der Waals surface area contributed by atoms with Crippen LogP contribution in [0.15, 0.2) is 28.0 Å². The minimum atomic E-state index is -3.47. The molecular weight excluding hydrogens is 270 g/mol. The molecular formula is C11H19N3O2S2. The van der Waals surface area contributed by atoms with E-state index in [1.54, 1.807) is 30.0 Å². The van der Waals surface area contributed by atoms with Crippen LogP contribution in [0.3, 0.4) is 0 Å². The second-order valence-corrected chi connectivity index (χ2v) is 7.08. The van der Waals surface area contributed by atoms with Gasteiger partial charge in [0.1, 0.15) is 4.90 Å². The lowest BCUT2D eigenvalue weighted by Crippen LogP contribution is -2.19. The molecule has 1 aromatic carbocycles. The molecule has 18 heavy (non-hydrogen) atoms. The van der Waals surface area contributed by atoms with Gasteiger partial charge in [-0.2, -0.15) is 0 Å². The van der Waals surface area contributed by atoms with Crippen LogP contribution in [0, 0.1) is 0 Å². The van der Waals surface area contributed by atoms with Gasteiger partial charge in [0.2, 0.25) is 10.0 Å². The van der Waals surface area contributed by atoms with E-state index in [4.69, 9.17) is 5.73 Å². The molecule has 1 aromatic rings. The number of benzene rings is 1. The topological polar surface area (TPSA) is 75.4 Å². The summed E-state index contributed by atoms with van der Waals surface area (Å²) >= 11 is 1.65. The summed E-state index contributed by atoms with van der Waals surface area (Å²) in [5, 5.41) is 0. The number of hydrogen-bond donors (Lipinski definition) is 2. The Labute approximate surface area is 113 Å². The summed E-state index contributed by atoms with van der Waals surface area (Å²) in [7, 11) is 1.92. The standard InChI is InChI=1S/C11H19N3O2S2/c1-13-18(15,16)11-5-4-9(8-10(11)12)17-7-6-14(2)3/h4-5,8,13H,6-7,12H2,1-3H3. The van der Waals surface area contributed by atoms with Gasteiger partial charge in [0.25, 0.3) is 0 Å². The van der Waals surface area contributed by atoms with Gasteiger partial charge in [-0.15, -0.1) is 11.8 Å². The van der Waals surface area contributed by atoms with Gasteiger partial charge in [0.05, 0.1) is 5.69 Å². The van der Waals surface area contributed by atoms with Gasteiger partial charge in [-0.1, -0.05) is 0 Å². The summed E-state index contributed by atoms with van der Waals surface area (Å²) < 4.78 is 25.5. The van der Waals surface area contributed by atoms with E-state index in [2.05, 4.69) is 9.62 Å². The van der Waals surface area contributed by atoms with Crippen LogP contribution in [0.1, 0.15) is 0 Å². The summed E-state index contributed by atoms with van der Waals surface area (Å²) in [6.07, 6.45) is 0. The lowest BCUT2D eigenvalue weighted by Gasteiger charge is -2.10. The summed E-state index contributed by atoms with van der Waals surface area (Å²) in [6.45, 7) is 0.959. The second kappa shape index (κ2) is 6.42. The first-order chi connectivity index (χ1) is 8.36. The normalized spacial score (nSPS) is 12.0. The number of nitrogens with zero attached hydrogens (tertiary/aromatic N) is 1. The molecule has 0 radical (unpaired) electrons. The molecule has 0 bridgehead atoms. The zero-order valence-corrected chi connectivity index (χ0v) is 12.4. The monoisotopic (exact) mass is 289 g/mol. The molecule has 3 N–H and O–H groups in total. The van der Waals surface area contributed by atoms with Crippen LogP contribution in [-0.4, -0.2) is 46.8 Å². The molecule has 0 aliphatic carbocycles. The summed E-state index contributed by atoms with van der Waals surface area (Å²) in [4.78, 5) is 3.20. The molecule has 0 aromatic heterocycles. The minimum Gasteiger partial charge on any atom is -0.398 e. The zero-order valence-electron chi connectivity index (χ0n) is 10.8. The van der Waals surface area contributed by atoms with Crippen molar-refractivity contribution < 1.29 is 8.42 Å². The lowest BCUT2D eigenvalue weighted by atomic mass is 10.3. The van der Waals surface area contributed by atoms with E-state index in [1.165, 1.54) is 7.05 Å². The smallest absolute Gasteiger partial charge is 0.242 e. The van der Waals surface area contributed by atoms with Crippen LogP contribution in [0.25, 0.3) is 0 Å². The van der Waals surface area contributed by atoms with Gasteiger partial charge in [-0.3, -0.25) is 0 Å². The minimum absolute atomic E-state index is 0.127. The number of nitrogens with two attached hydrogens (primary N) is 1. The Kier molecular flexibility index (Phi) is 5.46. The van der Waals surface area contributed by atoms with Gasteiger partial charge in [0.15, 0.2) is 0 Å². The highest BCUT2D eigenvalue weighted by Crippen LogP contribution is 2.25. The van der Waals surface area contributed by atoms with E-state index in [1.807, 2.05) is 14.1 Å². The zero-order chi connectivity index (χ0) is 13.8. The first-order valence-electron chi connectivity index (χ1n) is 5.47. The first kappa shape index (κ1) is 15.3. The third-order valence-electron chi connectivity index (χ3n) is 2.35. The number of thioether (sulfide) groups is 1. The highest BCUT2D eigenvalue weighted by molar-refractivity contribution is 7.99.